The van der Waals surface area contributed by atoms with Crippen LogP contribution in [0, 0.1) is 52.3 Å². The Morgan fingerprint density at radius 2 is 1.84 bits per heavy atom. The molecule has 3 fully saturated rings. The smallest absolute Gasteiger partial charge is 0.0261 e. The summed E-state index contributed by atoms with van der Waals surface area (Å²) in [6.07, 6.45) is 18.3. The van der Waals surface area contributed by atoms with Crippen molar-refractivity contribution in [2.75, 3.05) is 6.54 Å². The molecule has 2 saturated carbocycles. The standard InChI is InChI=1S/C29H48N2/c1-18(2)20-13-16-31-27(20)17-19(3)22-10-11-23-21-8-9-25-26(30)7-6-14-28(25,4)24(21)12-15-29(22,23)5/h6-8,18-20,22-27,31H,9-17,30H2,1-5H3/t19-,20?,22-,23+,24+,25+,26-,27?,28-,29-/m1/s1. The van der Waals surface area contributed by atoms with Gasteiger partial charge >= 0.3 is 0 Å². The third kappa shape index (κ3) is 3.41. The number of hydrogen-bond acceptors (Lipinski definition) is 2. The van der Waals surface area contributed by atoms with E-state index < -0.39 is 0 Å². The van der Waals surface area contributed by atoms with Crippen molar-refractivity contribution in [3.05, 3.63) is 23.8 Å². The molecule has 5 aliphatic rings. The summed E-state index contributed by atoms with van der Waals surface area (Å²) in [4.78, 5) is 0. The maximum Gasteiger partial charge on any atom is 0.0261 e. The lowest BCUT2D eigenvalue weighted by molar-refractivity contribution is 0.00677. The fourth-order valence-electron chi connectivity index (χ4n) is 9.67. The number of fused-ring (bicyclic) bond motifs is 5. The molecule has 0 bridgehead atoms. The highest BCUT2D eigenvalue weighted by Gasteiger charge is 2.58. The van der Waals surface area contributed by atoms with Crippen molar-refractivity contribution < 1.29 is 0 Å². The van der Waals surface area contributed by atoms with E-state index in [2.05, 4.69) is 58.2 Å². The normalized spacial score (nSPS) is 50.0. The fourth-order valence-corrected chi connectivity index (χ4v) is 9.67. The molecule has 10 atom stereocenters. The zero-order chi connectivity index (χ0) is 22.0. The first-order valence-corrected chi connectivity index (χ1v) is 13.6. The molecule has 1 saturated heterocycles. The molecule has 1 heterocycles. The van der Waals surface area contributed by atoms with Gasteiger partial charge in [0.1, 0.15) is 0 Å². The molecule has 2 nitrogen and oxygen atoms in total. The van der Waals surface area contributed by atoms with Gasteiger partial charge in [0.15, 0.2) is 0 Å². The minimum Gasteiger partial charge on any atom is -0.324 e. The van der Waals surface area contributed by atoms with Gasteiger partial charge in [-0.2, -0.15) is 0 Å². The molecule has 31 heavy (non-hydrogen) atoms. The average molecular weight is 425 g/mol. The molecule has 0 aromatic heterocycles. The van der Waals surface area contributed by atoms with Crippen LogP contribution in [0.3, 0.4) is 0 Å². The Balaban J connectivity index is 1.34. The van der Waals surface area contributed by atoms with E-state index in [1.807, 2.05) is 5.57 Å². The van der Waals surface area contributed by atoms with Crippen molar-refractivity contribution in [1.82, 2.24) is 5.32 Å². The Labute approximate surface area is 191 Å². The monoisotopic (exact) mass is 424 g/mol. The van der Waals surface area contributed by atoms with E-state index in [-0.39, 0.29) is 6.04 Å². The maximum atomic E-state index is 6.58. The van der Waals surface area contributed by atoms with Crippen LogP contribution in [0.5, 0.6) is 0 Å². The summed E-state index contributed by atoms with van der Waals surface area (Å²) in [5, 5.41) is 3.88. The minimum absolute atomic E-state index is 0.258. The van der Waals surface area contributed by atoms with E-state index in [9.17, 15) is 0 Å². The van der Waals surface area contributed by atoms with Crippen LogP contribution in [0.25, 0.3) is 0 Å². The first kappa shape index (κ1) is 22.2. The fraction of sp³-hybridized carbons (Fsp3) is 0.862. The number of hydrogen-bond donors (Lipinski definition) is 2. The summed E-state index contributed by atoms with van der Waals surface area (Å²) >= 11 is 0. The van der Waals surface area contributed by atoms with Gasteiger partial charge in [0.05, 0.1) is 0 Å². The van der Waals surface area contributed by atoms with Crippen LogP contribution in [0.15, 0.2) is 23.8 Å². The molecule has 0 aromatic rings. The predicted octanol–water partition coefficient (Wildman–Crippen LogP) is 6.33. The molecule has 5 rings (SSSR count). The van der Waals surface area contributed by atoms with E-state index >= 15 is 0 Å². The summed E-state index contributed by atoms with van der Waals surface area (Å²) in [7, 11) is 0. The van der Waals surface area contributed by atoms with Crippen LogP contribution in [-0.2, 0) is 0 Å². The molecule has 3 N–H and O–H groups in total. The predicted molar refractivity (Wildman–Crippen MR) is 132 cm³/mol. The highest BCUT2D eigenvalue weighted by Crippen LogP contribution is 2.66. The summed E-state index contributed by atoms with van der Waals surface area (Å²) in [5.41, 5.74) is 9.35. The van der Waals surface area contributed by atoms with E-state index in [1.165, 1.54) is 57.9 Å². The van der Waals surface area contributed by atoms with Gasteiger partial charge in [0.25, 0.3) is 0 Å². The molecule has 1 aliphatic heterocycles. The van der Waals surface area contributed by atoms with Gasteiger partial charge in [0.2, 0.25) is 0 Å². The van der Waals surface area contributed by atoms with Crippen molar-refractivity contribution in [2.24, 2.45) is 58.0 Å². The number of rotatable bonds is 4. The maximum absolute atomic E-state index is 6.58. The summed E-state index contributed by atoms with van der Waals surface area (Å²) in [6.45, 7) is 14.0. The molecule has 0 radical (unpaired) electrons. The molecule has 0 amide bonds. The van der Waals surface area contributed by atoms with E-state index in [0.29, 0.717) is 16.7 Å². The quantitative estimate of drug-likeness (QED) is 0.518. The van der Waals surface area contributed by atoms with Gasteiger partial charge in [-0.15, -0.1) is 0 Å². The topological polar surface area (TPSA) is 38.0 Å². The van der Waals surface area contributed by atoms with Crippen molar-refractivity contribution in [1.29, 1.82) is 0 Å². The largest absolute Gasteiger partial charge is 0.324 e. The molecule has 0 aromatic carbocycles. The zero-order valence-corrected chi connectivity index (χ0v) is 20.9. The second-order valence-electron chi connectivity index (χ2n) is 13.1. The third-order valence-corrected chi connectivity index (χ3v) is 11.4. The Kier molecular flexibility index (Phi) is 5.74. The van der Waals surface area contributed by atoms with E-state index in [0.717, 1.165) is 41.5 Å². The van der Waals surface area contributed by atoms with Crippen LogP contribution in [-0.4, -0.2) is 18.6 Å². The minimum atomic E-state index is 0.258. The molecule has 0 spiro atoms. The number of nitrogens with two attached hydrogens (primary N) is 1. The van der Waals surface area contributed by atoms with Crippen LogP contribution in [0.4, 0.5) is 0 Å². The lowest BCUT2D eigenvalue weighted by Crippen LogP contribution is -2.52. The van der Waals surface area contributed by atoms with Crippen LogP contribution in [0.1, 0.15) is 86.0 Å². The van der Waals surface area contributed by atoms with Gasteiger partial charge in [0, 0.05) is 12.1 Å². The van der Waals surface area contributed by atoms with Gasteiger partial charge in [-0.05, 0) is 110 Å². The lowest BCUT2D eigenvalue weighted by atomic mass is 9.48. The van der Waals surface area contributed by atoms with Crippen molar-refractivity contribution in [3.8, 4) is 0 Å². The molecular formula is C29H48N2. The first-order chi connectivity index (χ1) is 14.8. The summed E-state index contributed by atoms with van der Waals surface area (Å²) in [5.74, 6) is 5.67. The first-order valence-electron chi connectivity index (χ1n) is 13.6. The van der Waals surface area contributed by atoms with Gasteiger partial charge < -0.3 is 11.1 Å². The zero-order valence-electron chi connectivity index (χ0n) is 20.9. The van der Waals surface area contributed by atoms with Gasteiger partial charge in [-0.3, -0.25) is 0 Å². The number of nitrogens with one attached hydrogen (secondary N) is 1. The van der Waals surface area contributed by atoms with Crippen molar-refractivity contribution >= 4 is 0 Å². The number of allylic oxidation sites excluding steroid dienone is 3. The van der Waals surface area contributed by atoms with Gasteiger partial charge in [-0.1, -0.05) is 58.4 Å². The molecule has 174 valence electrons. The summed E-state index contributed by atoms with van der Waals surface area (Å²) < 4.78 is 0. The Hall–Kier alpha value is -0.600. The Morgan fingerprint density at radius 3 is 2.61 bits per heavy atom. The Morgan fingerprint density at radius 1 is 1.06 bits per heavy atom. The van der Waals surface area contributed by atoms with Crippen LogP contribution >= 0.6 is 0 Å². The van der Waals surface area contributed by atoms with E-state index in [4.69, 9.17) is 5.73 Å². The highest BCUT2D eigenvalue weighted by molar-refractivity contribution is 5.30. The van der Waals surface area contributed by atoms with Gasteiger partial charge in [-0.25, -0.2) is 0 Å². The molecule has 4 aliphatic carbocycles. The molecular weight excluding hydrogens is 376 g/mol. The summed E-state index contributed by atoms with van der Waals surface area (Å²) in [6, 6.07) is 1.01. The third-order valence-electron chi connectivity index (χ3n) is 11.4. The van der Waals surface area contributed by atoms with E-state index in [1.54, 1.807) is 0 Å². The molecule has 2 heteroatoms. The lowest BCUT2D eigenvalue weighted by Gasteiger charge is -2.57. The average Bonchev–Trinajstić information content (AvgIpc) is 3.31. The molecule has 2 unspecified atom stereocenters. The van der Waals surface area contributed by atoms with Crippen LogP contribution in [0.2, 0.25) is 0 Å². The second-order valence-corrected chi connectivity index (χ2v) is 13.1. The Bertz CT molecular complexity index is 737. The van der Waals surface area contributed by atoms with Crippen molar-refractivity contribution in [2.45, 2.75) is 98.1 Å². The second kappa shape index (κ2) is 8.01. The highest BCUT2D eigenvalue weighted by atomic mass is 15.0. The van der Waals surface area contributed by atoms with Crippen molar-refractivity contribution in [3.63, 3.8) is 0 Å². The SMILES string of the molecule is CC(C)C1CCNC1C[C@@H](C)[C@H]1CC[C@H]2C3=CC[C@H]4[C@H](N)C=CC[C@]4(C)[C@H]3CC[C@]12C. The van der Waals surface area contributed by atoms with Crippen LogP contribution < -0.4 is 11.1 Å².